The molecule has 0 aromatic heterocycles. The minimum atomic E-state index is 0.584. The molecule has 0 saturated heterocycles. The van der Waals surface area contributed by atoms with E-state index in [1.807, 2.05) is 13.1 Å². The summed E-state index contributed by atoms with van der Waals surface area (Å²) in [6.45, 7) is 2.12. The number of nitrogens with one attached hydrogen (secondary N) is 2. The van der Waals surface area contributed by atoms with Gasteiger partial charge in [-0.1, -0.05) is 18.9 Å². The van der Waals surface area contributed by atoms with E-state index in [2.05, 4.69) is 27.8 Å². The standard InChI is InChI=1S/C17H25N3O2/c1-18-17(20-14-4-2-3-5-14)19-9-8-13-6-7-15-16(12-13)22-11-10-21-15/h6-7,12,14H,2-5,8-11H2,1H3,(H2,18,19,20). The summed E-state index contributed by atoms with van der Waals surface area (Å²) in [5.41, 5.74) is 1.24. The Morgan fingerprint density at radius 3 is 2.73 bits per heavy atom. The predicted molar refractivity (Wildman–Crippen MR) is 87.9 cm³/mol. The Labute approximate surface area is 132 Å². The third kappa shape index (κ3) is 3.84. The maximum Gasteiger partial charge on any atom is 0.191 e. The Balaban J connectivity index is 1.47. The van der Waals surface area contributed by atoms with Crippen LogP contribution in [0, 0.1) is 0 Å². The normalized spacial score (nSPS) is 18.3. The minimum Gasteiger partial charge on any atom is -0.486 e. The molecular formula is C17H25N3O2. The molecule has 1 aliphatic carbocycles. The van der Waals surface area contributed by atoms with Crippen molar-refractivity contribution in [2.45, 2.75) is 38.1 Å². The van der Waals surface area contributed by atoms with Gasteiger partial charge in [0.15, 0.2) is 17.5 Å². The van der Waals surface area contributed by atoms with Crippen molar-refractivity contribution in [3.8, 4) is 11.5 Å². The number of rotatable bonds is 4. The van der Waals surface area contributed by atoms with E-state index >= 15 is 0 Å². The fourth-order valence-corrected chi connectivity index (χ4v) is 3.03. The predicted octanol–water partition coefficient (Wildman–Crippen LogP) is 2.11. The first-order valence-electron chi connectivity index (χ1n) is 8.21. The number of nitrogens with zero attached hydrogens (tertiary/aromatic N) is 1. The van der Waals surface area contributed by atoms with Crippen LogP contribution < -0.4 is 20.1 Å². The van der Waals surface area contributed by atoms with Crippen molar-refractivity contribution in [3.05, 3.63) is 23.8 Å². The zero-order valence-corrected chi connectivity index (χ0v) is 13.2. The van der Waals surface area contributed by atoms with Gasteiger partial charge in [0, 0.05) is 19.6 Å². The molecule has 0 bridgehead atoms. The molecule has 5 nitrogen and oxygen atoms in total. The molecule has 1 aromatic rings. The second kappa shape index (κ2) is 7.38. The highest BCUT2D eigenvalue weighted by Crippen LogP contribution is 2.30. The van der Waals surface area contributed by atoms with Gasteiger partial charge in [-0.05, 0) is 37.0 Å². The smallest absolute Gasteiger partial charge is 0.191 e. The number of ether oxygens (including phenoxy) is 2. The second-order valence-corrected chi connectivity index (χ2v) is 5.85. The number of guanidine groups is 1. The van der Waals surface area contributed by atoms with Gasteiger partial charge in [0.1, 0.15) is 13.2 Å². The first kappa shape index (κ1) is 15.0. The molecule has 0 amide bonds. The molecule has 2 aliphatic rings. The van der Waals surface area contributed by atoms with Crippen LogP contribution in [0.2, 0.25) is 0 Å². The topological polar surface area (TPSA) is 54.9 Å². The SMILES string of the molecule is CN=C(NCCc1ccc2c(c1)OCCO2)NC1CCCC1. The quantitative estimate of drug-likeness (QED) is 0.661. The molecule has 1 aliphatic heterocycles. The van der Waals surface area contributed by atoms with Gasteiger partial charge in [0.25, 0.3) is 0 Å². The van der Waals surface area contributed by atoms with E-state index in [0.717, 1.165) is 30.4 Å². The Kier molecular flexibility index (Phi) is 5.03. The minimum absolute atomic E-state index is 0.584. The molecule has 1 fully saturated rings. The monoisotopic (exact) mass is 303 g/mol. The zero-order valence-electron chi connectivity index (χ0n) is 13.2. The number of hydrogen-bond donors (Lipinski definition) is 2. The Bertz CT molecular complexity index is 525. The van der Waals surface area contributed by atoms with Gasteiger partial charge in [-0.3, -0.25) is 4.99 Å². The Hall–Kier alpha value is -1.91. The molecule has 1 heterocycles. The van der Waals surface area contributed by atoms with Gasteiger partial charge in [-0.2, -0.15) is 0 Å². The van der Waals surface area contributed by atoms with Crippen molar-refractivity contribution in [2.24, 2.45) is 4.99 Å². The summed E-state index contributed by atoms with van der Waals surface area (Å²) in [7, 11) is 1.83. The third-order valence-electron chi connectivity index (χ3n) is 4.23. The molecule has 3 rings (SSSR count). The number of hydrogen-bond acceptors (Lipinski definition) is 3. The highest BCUT2D eigenvalue weighted by Gasteiger charge is 2.16. The summed E-state index contributed by atoms with van der Waals surface area (Å²) >= 11 is 0. The van der Waals surface area contributed by atoms with Crippen LogP contribution in [0.25, 0.3) is 0 Å². The van der Waals surface area contributed by atoms with Crippen molar-refractivity contribution >= 4 is 5.96 Å². The van der Waals surface area contributed by atoms with Gasteiger partial charge in [0.2, 0.25) is 0 Å². The van der Waals surface area contributed by atoms with Gasteiger partial charge in [-0.15, -0.1) is 0 Å². The molecule has 22 heavy (non-hydrogen) atoms. The van der Waals surface area contributed by atoms with Crippen LogP contribution in [0.5, 0.6) is 11.5 Å². The Morgan fingerprint density at radius 2 is 1.95 bits per heavy atom. The fourth-order valence-electron chi connectivity index (χ4n) is 3.03. The van der Waals surface area contributed by atoms with Gasteiger partial charge in [-0.25, -0.2) is 0 Å². The van der Waals surface area contributed by atoms with Crippen LogP contribution >= 0.6 is 0 Å². The average molecular weight is 303 g/mol. The lowest BCUT2D eigenvalue weighted by Crippen LogP contribution is -2.43. The Morgan fingerprint density at radius 1 is 1.18 bits per heavy atom. The molecule has 0 radical (unpaired) electrons. The van der Waals surface area contributed by atoms with Crippen LogP contribution in [-0.4, -0.2) is 38.8 Å². The summed E-state index contributed by atoms with van der Waals surface area (Å²) < 4.78 is 11.2. The third-order valence-corrected chi connectivity index (χ3v) is 4.23. The van der Waals surface area contributed by atoms with E-state index in [-0.39, 0.29) is 0 Å². The fraction of sp³-hybridized carbons (Fsp3) is 0.588. The molecule has 5 heteroatoms. The number of aliphatic imine (C=N–C) groups is 1. The van der Waals surface area contributed by atoms with Crippen molar-refractivity contribution in [1.29, 1.82) is 0 Å². The molecular weight excluding hydrogens is 278 g/mol. The molecule has 120 valence electrons. The highest BCUT2D eigenvalue weighted by atomic mass is 16.6. The summed E-state index contributed by atoms with van der Waals surface area (Å²) in [4.78, 5) is 4.30. The summed E-state index contributed by atoms with van der Waals surface area (Å²) in [5, 5.41) is 6.89. The highest BCUT2D eigenvalue weighted by molar-refractivity contribution is 5.79. The van der Waals surface area contributed by atoms with Crippen molar-refractivity contribution in [3.63, 3.8) is 0 Å². The largest absolute Gasteiger partial charge is 0.486 e. The van der Waals surface area contributed by atoms with E-state index in [1.54, 1.807) is 0 Å². The van der Waals surface area contributed by atoms with Crippen molar-refractivity contribution < 1.29 is 9.47 Å². The van der Waals surface area contributed by atoms with Crippen LogP contribution in [0.4, 0.5) is 0 Å². The van der Waals surface area contributed by atoms with Crippen LogP contribution in [0.1, 0.15) is 31.2 Å². The van der Waals surface area contributed by atoms with E-state index < -0.39 is 0 Å². The number of fused-ring (bicyclic) bond motifs is 1. The van der Waals surface area contributed by atoms with Crippen LogP contribution in [0.15, 0.2) is 23.2 Å². The maximum atomic E-state index is 5.62. The lowest BCUT2D eigenvalue weighted by Gasteiger charge is -2.19. The first-order chi connectivity index (χ1) is 10.8. The van der Waals surface area contributed by atoms with E-state index in [4.69, 9.17) is 9.47 Å². The maximum absolute atomic E-state index is 5.62. The summed E-state index contributed by atoms with van der Waals surface area (Å²) in [6.07, 6.45) is 6.09. The molecule has 0 atom stereocenters. The van der Waals surface area contributed by atoms with Gasteiger partial charge in [0.05, 0.1) is 0 Å². The van der Waals surface area contributed by atoms with Crippen molar-refractivity contribution in [2.75, 3.05) is 26.8 Å². The van der Waals surface area contributed by atoms with E-state index in [1.165, 1.54) is 31.2 Å². The molecule has 0 spiro atoms. The number of benzene rings is 1. The summed E-state index contributed by atoms with van der Waals surface area (Å²) in [5.74, 6) is 2.61. The van der Waals surface area contributed by atoms with Crippen LogP contribution in [0.3, 0.4) is 0 Å². The summed E-state index contributed by atoms with van der Waals surface area (Å²) in [6, 6.07) is 6.75. The molecule has 0 unspecified atom stereocenters. The lowest BCUT2D eigenvalue weighted by atomic mass is 10.1. The van der Waals surface area contributed by atoms with Gasteiger partial charge < -0.3 is 20.1 Å². The second-order valence-electron chi connectivity index (χ2n) is 5.85. The van der Waals surface area contributed by atoms with E-state index in [9.17, 15) is 0 Å². The lowest BCUT2D eigenvalue weighted by molar-refractivity contribution is 0.171. The van der Waals surface area contributed by atoms with Crippen molar-refractivity contribution in [1.82, 2.24) is 10.6 Å². The van der Waals surface area contributed by atoms with Crippen LogP contribution in [-0.2, 0) is 6.42 Å². The molecule has 2 N–H and O–H groups in total. The van der Waals surface area contributed by atoms with E-state index in [0.29, 0.717) is 19.3 Å². The zero-order chi connectivity index (χ0) is 15.2. The molecule has 1 saturated carbocycles. The molecule has 1 aromatic carbocycles. The average Bonchev–Trinajstić information content (AvgIpc) is 3.07. The van der Waals surface area contributed by atoms with Gasteiger partial charge >= 0.3 is 0 Å². The first-order valence-corrected chi connectivity index (χ1v) is 8.21.